The van der Waals surface area contributed by atoms with Crippen LogP contribution in [0.5, 0.6) is 11.5 Å². The fourth-order valence-corrected chi connectivity index (χ4v) is 2.18. The lowest BCUT2D eigenvalue weighted by Crippen LogP contribution is -2.58. The molecule has 0 aliphatic carbocycles. The highest BCUT2D eigenvalue weighted by molar-refractivity contribution is 6.32. The van der Waals surface area contributed by atoms with E-state index in [0.29, 0.717) is 18.1 Å². The molecule has 23 heavy (non-hydrogen) atoms. The summed E-state index contributed by atoms with van der Waals surface area (Å²) >= 11 is 6.13. The average molecular weight is 345 g/mol. The van der Waals surface area contributed by atoms with Crippen LogP contribution in [-0.4, -0.2) is 44.8 Å². The smallest absolute Gasteiger partial charge is 0.252 e. The molecule has 0 heterocycles. The number of carbonyl (C=O) groups is 2. The minimum atomic E-state index is -1.34. The number of methoxy groups -OCH3 is 2. The first kappa shape index (κ1) is 19.1. The number of ether oxygens (including phenoxy) is 3. The van der Waals surface area contributed by atoms with Crippen LogP contribution in [0.15, 0.2) is 12.1 Å². The van der Waals surface area contributed by atoms with Gasteiger partial charge in [0.15, 0.2) is 11.5 Å². The van der Waals surface area contributed by atoms with Crippen molar-refractivity contribution in [1.82, 2.24) is 5.32 Å². The molecule has 0 radical (unpaired) electrons. The molecular weight excluding hydrogens is 324 g/mol. The Morgan fingerprint density at radius 2 is 2.00 bits per heavy atom. The van der Waals surface area contributed by atoms with Gasteiger partial charge < -0.3 is 25.3 Å². The molecule has 1 aromatic rings. The predicted molar refractivity (Wildman–Crippen MR) is 86.1 cm³/mol. The summed E-state index contributed by atoms with van der Waals surface area (Å²) in [6.07, 6.45) is 0. The minimum absolute atomic E-state index is 0.0596. The Morgan fingerprint density at radius 1 is 1.35 bits per heavy atom. The maximum Gasteiger partial charge on any atom is 0.252 e. The molecule has 1 rings (SSSR count). The molecule has 0 saturated carbocycles. The predicted octanol–water partition coefficient (Wildman–Crippen LogP) is 1.37. The van der Waals surface area contributed by atoms with Crippen LogP contribution in [0.1, 0.15) is 24.2 Å². The number of halogens is 1. The van der Waals surface area contributed by atoms with Gasteiger partial charge in [-0.2, -0.15) is 0 Å². The van der Waals surface area contributed by atoms with Crippen LogP contribution in [0, 0.1) is 0 Å². The zero-order valence-electron chi connectivity index (χ0n) is 13.6. The molecule has 2 amide bonds. The van der Waals surface area contributed by atoms with Gasteiger partial charge in [0.25, 0.3) is 5.91 Å². The lowest BCUT2D eigenvalue weighted by molar-refractivity contribution is -0.125. The van der Waals surface area contributed by atoms with E-state index < -0.39 is 17.4 Å². The van der Waals surface area contributed by atoms with Crippen molar-refractivity contribution < 1.29 is 23.8 Å². The largest absolute Gasteiger partial charge is 0.493 e. The molecule has 3 N–H and O–H groups in total. The minimum Gasteiger partial charge on any atom is -0.493 e. The standard InChI is InChI=1S/C15H21ClN2O5/c1-5-23-12-10(16)6-9(7-11(12)22-4)13(19)18-15(2,8-21-3)14(17)20/h6-7H,5,8H2,1-4H3,(H2,17,20)(H,18,19)/t15-/m0/s1. The van der Waals surface area contributed by atoms with Gasteiger partial charge in [0.05, 0.1) is 25.3 Å². The molecule has 0 aromatic heterocycles. The summed E-state index contributed by atoms with van der Waals surface area (Å²) < 4.78 is 15.5. The summed E-state index contributed by atoms with van der Waals surface area (Å²) in [6, 6.07) is 2.90. The summed E-state index contributed by atoms with van der Waals surface area (Å²) in [7, 11) is 2.85. The van der Waals surface area contributed by atoms with Crippen LogP contribution in [0.2, 0.25) is 5.02 Å². The van der Waals surface area contributed by atoms with Gasteiger partial charge in [0.1, 0.15) is 5.54 Å². The van der Waals surface area contributed by atoms with Gasteiger partial charge >= 0.3 is 0 Å². The monoisotopic (exact) mass is 344 g/mol. The zero-order valence-corrected chi connectivity index (χ0v) is 14.3. The molecule has 1 atom stereocenters. The van der Waals surface area contributed by atoms with Gasteiger partial charge in [0.2, 0.25) is 5.91 Å². The Bertz CT molecular complexity index is 593. The Kier molecular flexibility index (Phi) is 6.65. The highest BCUT2D eigenvalue weighted by atomic mass is 35.5. The summed E-state index contributed by atoms with van der Waals surface area (Å²) in [6.45, 7) is 3.62. The van der Waals surface area contributed by atoms with Crippen molar-refractivity contribution in [2.24, 2.45) is 5.73 Å². The quantitative estimate of drug-likeness (QED) is 0.741. The first-order chi connectivity index (χ1) is 10.8. The second kappa shape index (κ2) is 8.03. The highest BCUT2D eigenvalue weighted by Gasteiger charge is 2.33. The molecule has 0 spiro atoms. The number of carbonyl (C=O) groups excluding carboxylic acids is 2. The molecular formula is C15H21ClN2O5. The van der Waals surface area contributed by atoms with Crippen molar-refractivity contribution in [2.45, 2.75) is 19.4 Å². The molecule has 0 unspecified atom stereocenters. The second-order valence-corrected chi connectivity index (χ2v) is 5.41. The van der Waals surface area contributed by atoms with Gasteiger partial charge in [-0.25, -0.2) is 0 Å². The van der Waals surface area contributed by atoms with E-state index in [4.69, 9.17) is 31.5 Å². The van der Waals surface area contributed by atoms with Crippen molar-refractivity contribution in [1.29, 1.82) is 0 Å². The van der Waals surface area contributed by atoms with E-state index in [2.05, 4.69) is 5.32 Å². The van der Waals surface area contributed by atoms with E-state index in [-0.39, 0.29) is 17.2 Å². The number of hydrogen-bond acceptors (Lipinski definition) is 5. The zero-order chi connectivity index (χ0) is 17.6. The van der Waals surface area contributed by atoms with E-state index in [1.54, 1.807) is 6.92 Å². The second-order valence-electron chi connectivity index (χ2n) is 5.01. The number of nitrogens with two attached hydrogens (primary N) is 1. The van der Waals surface area contributed by atoms with Crippen LogP contribution in [-0.2, 0) is 9.53 Å². The summed E-state index contributed by atoms with van der Waals surface area (Å²) in [5.74, 6) is -0.580. The summed E-state index contributed by atoms with van der Waals surface area (Å²) in [5, 5.41) is 2.77. The lowest BCUT2D eigenvalue weighted by Gasteiger charge is -2.26. The van der Waals surface area contributed by atoms with Gasteiger partial charge in [0, 0.05) is 12.7 Å². The van der Waals surface area contributed by atoms with Crippen molar-refractivity contribution in [3.8, 4) is 11.5 Å². The molecule has 0 aliphatic heterocycles. The molecule has 8 heteroatoms. The first-order valence-electron chi connectivity index (χ1n) is 6.90. The summed E-state index contributed by atoms with van der Waals surface area (Å²) in [4.78, 5) is 24.0. The third-order valence-electron chi connectivity index (χ3n) is 3.15. The summed E-state index contributed by atoms with van der Waals surface area (Å²) in [5.41, 5.74) is 4.19. The third kappa shape index (κ3) is 4.49. The molecule has 0 bridgehead atoms. The van der Waals surface area contributed by atoms with Crippen molar-refractivity contribution in [3.63, 3.8) is 0 Å². The van der Waals surface area contributed by atoms with Gasteiger partial charge in [-0.15, -0.1) is 0 Å². The van der Waals surface area contributed by atoms with Crippen LogP contribution in [0.4, 0.5) is 0 Å². The molecule has 0 fully saturated rings. The van der Waals surface area contributed by atoms with Gasteiger partial charge in [-0.3, -0.25) is 9.59 Å². The average Bonchev–Trinajstić information content (AvgIpc) is 2.49. The fraction of sp³-hybridized carbons (Fsp3) is 0.467. The Morgan fingerprint density at radius 3 is 2.48 bits per heavy atom. The fourth-order valence-electron chi connectivity index (χ4n) is 1.92. The Hall–Kier alpha value is -1.99. The number of amides is 2. The number of hydrogen-bond donors (Lipinski definition) is 2. The molecule has 128 valence electrons. The van der Waals surface area contributed by atoms with E-state index >= 15 is 0 Å². The SMILES string of the molecule is CCOc1c(Cl)cc(C(=O)N[C@@](C)(COC)C(N)=O)cc1OC. The van der Waals surface area contributed by atoms with Crippen molar-refractivity contribution >= 4 is 23.4 Å². The third-order valence-corrected chi connectivity index (χ3v) is 3.43. The maximum atomic E-state index is 12.4. The normalized spacial score (nSPS) is 13.1. The number of nitrogens with one attached hydrogen (secondary N) is 1. The molecule has 7 nitrogen and oxygen atoms in total. The molecule has 1 aromatic carbocycles. The van der Waals surface area contributed by atoms with Crippen LogP contribution in [0.3, 0.4) is 0 Å². The highest BCUT2D eigenvalue weighted by Crippen LogP contribution is 2.36. The lowest BCUT2D eigenvalue weighted by atomic mass is 10.0. The van der Waals surface area contributed by atoms with E-state index in [1.807, 2.05) is 0 Å². The van der Waals surface area contributed by atoms with E-state index in [0.717, 1.165) is 0 Å². The van der Waals surface area contributed by atoms with Crippen molar-refractivity contribution in [2.75, 3.05) is 27.4 Å². The van der Waals surface area contributed by atoms with E-state index in [9.17, 15) is 9.59 Å². The van der Waals surface area contributed by atoms with Crippen LogP contribution in [0.25, 0.3) is 0 Å². The van der Waals surface area contributed by atoms with Crippen molar-refractivity contribution in [3.05, 3.63) is 22.7 Å². The van der Waals surface area contributed by atoms with Crippen LogP contribution < -0.4 is 20.5 Å². The number of benzene rings is 1. The topological polar surface area (TPSA) is 99.9 Å². The maximum absolute atomic E-state index is 12.4. The Balaban J connectivity index is 3.13. The Labute approximate surface area is 140 Å². The molecule has 0 saturated heterocycles. The van der Waals surface area contributed by atoms with E-state index in [1.165, 1.54) is 33.3 Å². The number of primary amides is 1. The van der Waals surface area contributed by atoms with Crippen LogP contribution >= 0.6 is 11.6 Å². The van der Waals surface area contributed by atoms with Gasteiger partial charge in [-0.1, -0.05) is 11.6 Å². The van der Waals surface area contributed by atoms with Gasteiger partial charge in [-0.05, 0) is 26.0 Å². The first-order valence-corrected chi connectivity index (χ1v) is 7.28. The molecule has 0 aliphatic rings. The number of rotatable bonds is 8.